The normalized spacial score (nSPS) is 14.8. The van der Waals surface area contributed by atoms with E-state index in [-0.39, 0.29) is 18.4 Å². The number of aromatic nitrogens is 2. The number of fused-ring (bicyclic) bond motifs is 1. The molecular formula is C19H26N4O2. The monoisotopic (exact) mass is 342 g/mol. The van der Waals surface area contributed by atoms with Gasteiger partial charge in [-0.25, -0.2) is 4.98 Å². The van der Waals surface area contributed by atoms with Crippen LogP contribution in [-0.4, -0.2) is 21.4 Å². The Bertz CT molecular complexity index is 747. The Kier molecular flexibility index (Phi) is 5.68. The molecule has 0 spiro atoms. The van der Waals surface area contributed by atoms with E-state index in [4.69, 9.17) is 0 Å². The van der Waals surface area contributed by atoms with Crippen LogP contribution in [0.4, 0.5) is 0 Å². The van der Waals surface area contributed by atoms with Gasteiger partial charge >= 0.3 is 0 Å². The number of hydrogen-bond donors (Lipinski definition) is 2. The molecule has 0 saturated heterocycles. The van der Waals surface area contributed by atoms with E-state index in [9.17, 15) is 9.59 Å². The first-order chi connectivity index (χ1) is 12.2. The van der Waals surface area contributed by atoms with Crippen molar-refractivity contribution < 1.29 is 9.59 Å². The summed E-state index contributed by atoms with van der Waals surface area (Å²) in [6.07, 6.45) is 7.15. The zero-order valence-electron chi connectivity index (χ0n) is 14.8. The predicted molar refractivity (Wildman–Crippen MR) is 96.6 cm³/mol. The molecule has 134 valence electrons. The zero-order valence-corrected chi connectivity index (χ0v) is 14.8. The maximum absolute atomic E-state index is 12.2. The van der Waals surface area contributed by atoms with Crippen LogP contribution >= 0.6 is 0 Å². The molecular weight excluding hydrogens is 316 g/mol. The highest BCUT2D eigenvalue weighted by molar-refractivity contribution is 5.83. The number of hydrogen-bond acceptors (Lipinski definition) is 3. The highest BCUT2D eigenvalue weighted by Gasteiger charge is 2.17. The van der Waals surface area contributed by atoms with E-state index in [1.54, 1.807) is 0 Å². The highest BCUT2D eigenvalue weighted by atomic mass is 16.2. The number of aryl methyl sites for hydroxylation is 1. The van der Waals surface area contributed by atoms with E-state index < -0.39 is 0 Å². The number of benzene rings is 1. The summed E-state index contributed by atoms with van der Waals surface area (Å²) >= 11 is 0. The van der Waals surface area contributed by atoms with Crippen molar-refractivity contribution in [3.05, 3.63) is 30.1 Å². The van der Waals surface area contributed by atoms with Gasteiger partial charge in [-0.05, 0) is 24.5 Å². The first-order valence-corrected chi connectivity index (χ1v) is 9.19. The quantitative estimate of drug-likeness (QED) is 0.793. The number of carbonyl (C=O) groups excluding carboxylic acids is 2. The highest BCUT2D eigenvalue weighted by Crippen LogP contribution is 2.28. The van der Waals surface area contributed by atoms with Crippen LogP contribution in [0.3, 0.4) is 0 Å². The fraction of sp³-hybridized carbons (Fsp3) is 0.526. The molecule has 0 bridgehead atoms. The van der Waals surface area contributed by atoms with Crippen LogP contribution in [0.1, 0.15) is 51.3 Å². The van der Waals surface area contributed by atoms with Crippen LogP contribution in [0.15, 0.2) is 24.3 Å². The molecule has 0 aliphatic heterocycles. The molecule has 1 aliphatic carbocycles. The van der Waals surface area contributed by atoms with Crippen LogP contribution < -0.4 is 10.9 Å². The van der Waals surface area contributed by atoms with Crippen LogP contribution in [0.25, 0.3) is 11.0 Å². The second-order valence-corrected chi connectivity index (χ2v) is 6.74. The van der Waals surface area contributed by atoms with Gasteiger partial charge in [0.05, 0.1) is 11.0 Å². The second kappa shape index (κ2) is 8.14. The Labute approximate surface area is 148 Å². The lowest BCUT2D eigenvalue weighted by Crippen LogP contribution is -2.43. The minimum Gasteiger partial charge on any atom is -0.318 e. The van der Waals surface area contributed by atoms with Crippen molar-refractivity contribution in [2.24, 2.45) is 5.92 Å². The first kappa shape index (κ1) is 17.5. The van der Waals surface area contributed by atoms with Gasteiger partial charge in [0.25, 0.3) is 5.91 Å². The van der Waals surface area contributed by atoms with E-state index in [2.05, 4.69) is 15.8 Å². The number of nitrogens with zero attached hydrogens (tertiary/aromatic N) is 2. The molecule has 25 heavy (non-hydrogen) atoms. The summed E-state index contributed by atoms with van der Waals surface area (Å²) in [6, 6.07) is 7.76. The van der Waals surface area contributed by atoms with Gasteiger partial charge in [0, 0.05) is 12.8 Å². The molecule has 6 heteroatoms. The third-order valence-electron chi connectivity index (χ3n) is 4.95. The topological polar surface area (TPSA) is 76.0 Å². The molecule has 1 fully saturated rings. The lowest BCUT2D eigenvalue weighted by Gasteiger charge is -2.11. The Morgan fingerprint density at radius 2 is 1.88 bits per heavy atom. The predicted octanol–water partition coefficient (Wildman–Crippen LogP) is 2.72. The molecule has 1 saturated carbocycles. The van der Waals surface area contributed by atoms with Crippen molar-refractivity contribution in [2.45, 2.75) is 58.4 Å². The average molecular weight is 342 g/mol. The zero-order chi connectivity index (χ0) is 17.6. The van der Waals surface area contributed by atoms with Crippen molar-refractivity contribution >= 4 is 22.8 Å². The minimum absolute atomic E-state index is 0.119. The standard InChI is InChI=1S/C19H26N4O2/c1-2-17-20-15-9-5-6-10-16(15)23(17)13-19(25)22-21-18(24)12-11-14-7-3-4-8-14/h5-6,9-10,14H,2-4,7-8,11-13H2,1H3,(H,21,24)(H,22,25). The molecule has 1 heterocycles. The van der Waals surface area contributed by atoms with Gasteiger partial charge in [-0.15, -0.1) is 0 Å². The van der Waals surface area contributed by atoms with Gasteiger partial charge in [-0.3, -0.25) is 20.4 Å². The van der Waals surface area contributed by atoms with Gasteiger partial charge in [0.15, 0.2) is 0 Å². The number of amides is 2. The van der Waals surface area contributed by atoms with Gasteiger partial charge in [-0.1, -0.05) is 44.7 Å². The summed E-state index contributed by atoms with van der Waals surface area (Å²) in [5.41, 5.74) is 6.87. The Morgan fingerprint density at radius 1 is 1.16 bits per heavy atom. The fourth-order valence-corrected chi connectivity index (χ4v) is 3.59. The SMILES string of the molecule is CCc1nc2ccccc2n1CC(=O)NNC(=O)CCC1CCCC1. The van der Waals surface area contributed by atoms with E-state index in [0.717, 1.165) is 29.7 Å². The second-order valence-electron chi connectivity index (χ2n) is 6.74. The molecule has 1 aliphatic rings. The Hall–Kier alpha value is -2.37. The van der Waals surface area contributed by atoms with Crippen LogP contribution in [0.2, 0.25) is 0 Å². The van der Waals surface area contributed by atoms with Crippen molar-refractivity contribution in [1.29, 1.82) is 0 Å². The number of carbonyl (C=O) groups is 2. The van der Waals surface area contributed by atoms with E-state index in [1.165, 1.54) is 25.7 Å². The lowest BCUT2D eigenvalue weighted by atomic mass is 10.0. The van der Waals surface area contributed by atoms with E-state index in [1.807, 2.05) is 35.8 Å². The number of para-hydroxylation sites is 2. The lowest BCUT2D eigenvalue weighted by molar-refractivity contribution is -0.129. The maximum atomic E-state index is 12.2. The molecule has 2 N–H and O–H groups in total. The Morgan fingerprint density at radius 3 is 2.64 bits per heavy atom. The summed E-state index contributed by atoms with van der Waals surface area (Å²) in [7, 11) is 0. The molecule has 2 aromatic rings. The molecule has 0 unspecified atom stereocenters. The largest absolute Gasteiger partial charge is 0.318 e. The molecule has 1 aromatic carbocycles. The van der Waals surface area contributed by atoms with Gasteiger partial charge in [-0.2, -0.15) is 0 Å². The van der Waals surface area contributed by atoms with Gasteiger partial charge < -0.3 is 4.57 Å². The van der Waals surface area contributed by atoms with E-state index in [0.29, 0.717) is 12.3 Å². The number of rotatable bonds is 6. The number of hydrazine groups is 1. The Balaban J connectivity index is 1.51. The average Bonchev–Trinajstić information content (AvgIpc) is 3.26. The first-order valence-electron chi connectivity index (χ1n) is 9.19. The van der Waals surface area contributed by atoms with Crippen LogP contribution in [0.5, 0.6) is 0 Å². The third kappa shape index (κ3) is 4.38. The van der Waals surface area contributed by atoms with Crippen molar-refractivity contribution in [3.63, 3.8) is 0 Å². The third-order valence-corrected chi connectivity index (χ3v) is 4.95. The van der Waals surface area contributed by atoms with Gasteiger partial charge in [0.1, 0.15) is 12.4 Å². The summed E-state index contributed by atoms with van der Waals surface area (Å²) in [5.74, 6) is 1.17. The smallest absolute Gasteiger partial charge is 0.258 e. The number of imidazole rings is 1. The van der Waals surface area contributed by atoms with Crippen molar-refractivity contribution in [2.75, 3.05) is 0 Å². The van der Waals surface area contributed by atoms with E-state index >= 15 is 0 Å². The maximum Gasteiger partial charge on any atom is 0.258 e. The van der Waals surface area contributed by atoms with Crippen molar-refractivity contribution in [1.82, 2.24) is 20.4 Å². The summed E-state index contributed by atoms with van der Waals surface area (Å²) in [4.78, 5) is 28.7. The van der Waals surface area contributed by atoms with Crippen LogP contribution in [-0.2, 0) is 22.6 Å². The summed E-state index contributed by atoms with van der Waals surface area (Å²) in [6.45, 7) is 2.16. The molecule has 6 nitrogen and oxygen atoms in total. The molecule has 2 amide bonds. The summed E-state index contributed by atoms with van der Waals surface area (Å²) < 4.78 is 1.90. The number of nitrogens with one attached hydrogen (secondary N) is 2. The summed E-state index contributed by atoms with van der Waals surface area (Å²) in [5, 5.41) is 0. The molecule has 3 rings (SSSR count). The molecule has 1 aromatic heterocycles. The van der Waals surface area contributed by atoms with Gasteiger partial charge in [0.2, 0.25) is 5.91 Å². The molecule has 0 atom stereocenters. The minimum atomic E-state index is -0.243. The molecule has 0 radical (unpaired) electrons. The fourth-order valence-electron chi connectivity index (χ4n) is 3.59. The van der Waals surface area contributed by atoms with Crippen molar-refractivity contribution in [3.8, 4) is 0 Å². The van der Waals surface area contributed by atoms with Crippen LogP contribution in [0, 0.1) is 5.92 Å².